The molecule has 0 radical (unpaired) electrons. The van der Waals surface area contributed by atoms with E-state index >= 15 is 0 Å². The van der Waals surface area contributed by atoms with Crippen LogP contribution in [0.3, 0.4) is 0 Å². The normalized spacial score (nSPS) is 13.9. The summed E-state index contributed by atoms with van der Waals surface area (Å²) in [6.45, 7) is 0. The average molecular weight is 389 g/mol. The molecule has 1 aliphatic carbocycles. The highest BCUT2D eigenvalue weighted by Gasteiger charge is 2.18. The van der Waals surface area contributed by atoms with Crippen molar-refractivity contribution in [2.24, 2.45) is 11.7 Å². The Bertz CT molecular complexity index is 987. The number of carbonyl (C=O) groups excluding carboxylic acids is 1. The summed E-state index contributed by atoms with van der Waals surface area (Å²) in [6.07, 6.45) is 9.19. The molecule has 4 rings (SSSR count). The first-order valence-corrected chi connectivity index (χ1v) is 9.74. The summed E-state index contributed by atoms with van der Waals surface area (Å²) in [5, 5.41) is 6.38. The fourth-order valence-electron chi connectivity index (χ4n) is 3.54. The maximum Gasteiger partial charge on any atom is 0.248 e. The SMILES string of the molecule is NC(=O)c1cccc(Nc2nc(CC3CCCC3)nc(Nc3ccncc3)n2)c1. The minimum absolute atomic E-state index is 0.422. The molecule has 4 N–H and O–H groups in total. The summed E-state index contributed by atoms with van der Waals surface area (Å²) < 4.78 is 0. The third-order valence-electron chi connectivity index (χ3n) is 4.97. The Morgan fingerprint density at radius 3 is 2.34 bits per heavy atom. The fourth-order valence-corrected chi connectivity index (χ4v) is 3.54. The zero-order chi connectivity index (χ0) is 20.1. The second kappa shape index (κ2) is 8.64. The third kappa shape index (κ3) is 5.04. The van der Waals surface area contributed by atoms with E-state index in [1.807, 2.05) is 18.2 Å². The van der Waals surface area contributed by atoms with E-state index in [1.54, 1.807) is 30.6 Å². The molecule has 1 aromatic carbocycles. The van der Waals surface area contributed by atoms with Crippen LogP contribution < -0.4 is 16.4 Å². The lowest BCUT2D eigenvalue weighted by molar-refractivity contribution is 0.100. The van der Waals surface area contributed by atoms with E-state index in [9.17, 15) is 4.79 Å². The Balaban J connectivity index is 1.61. The van der Waals surface area contributed by atoms with E-state index in [0.29, 0.717) is 29.1 Å². The molecule has 0 spiro atoms. The maximum atomic E-state index is 11.4. The number of hydrogen-bond donors (Lipinski definition) is 3. The molecule has 8 heteroatoms. The Labute approximate surface area is 169 Å². The number of benzene rings is 1. The first-order valence-electron chi connectivity index (χ1n) is 9.74. The van der Waals surface area contributed by atoms with Gasteiger partial charge in [0.05, 0.1) is 0 Å². The van der Waals surface area contributed by atoms with Gasteiger partial charge >= 0.3 is 0 Å². The van der Waals surface area contributed by atoms with Crippen LogP contribution in [0.4, 0.5) is 23.3 Å². The maximum absolute atomic E-state index is 11.4. The highest BCUT2D eigenvalue weighted by Crippen LogP contribution is 2.28. The lowest BCUT2D eigenvalue weighted by Crippen LogP contribution is -2.12. The quantitative estimate of drug-likeness (QED) is 0.565. The molecule has 3 aromatic rings. The monoisotopic (exact) mass is 389 g/mol. The second-order valence-electron chi connectivity index (χ2n) is 7.18. The van der Waals surface area contributed by atoms with Crippen LogP contribution in [0.2, 0.25) is 0 Å². The zero-order valence-electron chi connectivity index (χ0n) is 16.0. The summed E-state index contributed by atoms with van der Waals surface area (Å²) in [5.41, 5.74) is 7.34. The Morgan fingerprint density at radius 1 is 0.966 bits per heavy atom. The summed E-state index contributed by atoms with van der Waals surface area (Å²) in [7, 11) is 0. The van der Waals surface area contributed by atoms with Crippen molar-refractivity contribution in [1.29, 1.82) is 0 Å². The molecular formula is C21H23N7O. The molecular weight excluding hydrogens is 366 g/mol. The average Bonchev–Trinajstić information content (AvgIpc) is 3.22. The minimum Gasteiger partial charge on any atom is -0.366 e. The van der Waals surface area contributed by atoms with Crippen molar-refractivity contribution in [2.75, 3.05) is 10.6 Å². The van der Waals surface area contributed by atoms with Gasteiger partial charge in [-0.1, -0.05) is 31.7 Å². The molecule has 0 bridgehead atoms. The van der Waals surface area contributed by atoms with E-state index < -0.39 is 5.91 Å². The number of nitrogens with zero attached hydrogens (tertiary/aromatic N) is 4. The smallest absolute Gasteiger partial charge is 0.248 e. The van der Waals surface area contributed by atoms with Crippen molar-refractivity contribution in [3.8, 4) is 0 Å². The summed E-state index contributed by atoms with van der Waals surface area (Å²) in [4.78, 5) is 29.2. The number of primary amides is 1. The van der Waals surface area contributed by atoms with Crippen LogP contribution in [0, 0.1) is 5.92 Å². The number of rotatable bonds is 7. The van der Waals surface area contributed by atoms with Crippen molar-refractivity contribution in [3.63, 3.8) is 0 Å². The largest absolute Gasteiger partial charge is 0.366 e. The van der Waals surface area contributed by atoms with Crippen LogP contribution >= 0.6 is 0 Å². The number of carbonyl (C=O) groups is 1. The Kier molecular flexibility index (Phi) is 5.60. The van der Waals surface area contributed by atoms with Crippen LogP contribution in [0.25, 0.3) is 0 Å². The Hall–Kier alpha value is -3.55. The molecule has 1 fully saturated rings. The standard InChI is InChI=1S/C21H23N7O/c22-19(29)15-6-3-7-17(13-15)25-21-27-18(12-14-4-1-2-5-14)26-20(28-21)24-16-8-10-23-11-9-16/h3,6-11,13-14H,1-2,4-5,12H2,(H2,22,29)(H2,23,24,25,26,27,28). The van der Waals surface area contributed by atoms with Gasteiger partial charge in [0.25, 0.3) is 0 Å². The topological polar surface area (TPSA) is 119 Å². The molecule has 0 unspecified atom stereocenters. The lowest BCUT2D eigenvalue weighted by Gasteiger charge is -2.12. The molecule has 29 heavy (non-hydrogen) atoms. The van der Waals surface area contributed by atoms with Gasteiger partial charge in [-0.25, -0.2) is 0 Å². The molecule has 0 aliphatic heterocycles. The van der Waals surface area contributed by atoms with E-state index in [-0.39, 0.29) is 0 Å². The van der Waals surface area contributed by atoms with Crippen LogP contribution in [-0.4, -0.2) is 25.8 Å². The molecule has 2 heterocycles. The van der Waals surface area contributed by atoms with E-state index in [4.69, 9.17) is 5.73 Å². The first-order chi connectivity index (χ1) is 14.2. The highest BCUT2D eigenvalue weighted by atomic mass is 16.1. The zero-order valence-corrected chi connectivity index (χ0v) is 16.0. The fraction of sp³-hybridized carbons (Fsp3) is 0.286. The number of hydrogen-bond acceptors (Lipinski definition) is 7. The van der Waals surface area contributed by atoms with Crippen LogP contribution in [-0.2, 0) is 6.42 Å². The number of nitrogens with two attached hydrogens (primary N) is 1. The predicted octanol–water partition coefficient (Wildman–Crippen LogP) is 3.59. The van der Waals surface area contributed by atoms with Crippen LogP contribution in [0.1, 0.15) is 41.9 Å². The van der Waals surface area contributed by atoms with Crippen LogP contribution in [0.5, 0.6) is 0 Å². The predicted molar refractivity (Wildman–Crippen MR) is 111 cm³/mol. The van der Waals surface area contributed by atoms with Gasteiger partial charge in [-0.15, -0.1) is 0 Å². The molecule has 8 nitrogen and oxygen atoms in total. The molecule has 1 amide bonds. The van der Waals surface area contributed by atoms with E-state index in [0.717, 1.165) is 17.9 Å². The molecule has 2 aromatic heterocycles. The van der Waals surface area contributed by atoms with E-state index in [2.05, 4.69) is 30.6 Å². The number of aromatic nitrogens is 4. The number of anilines is 4. The van der Waals surface area contributed by atoms with Crippen molar-refractivity contribution < 1.29 is 4.79 Å². The van der Waals surface area contributed by atoms with Crippen molar-refractivity contribution >= 4 is 29.2 Å². The Morgan fingerprint density at radius 2 is 1.66 bits per heavy atom. The van der Waals surface area contributed by atoms with Gasteiger partial charge in [0.15, 0.2) is 0 Å². The van der Waals surface area contributed by atoms with E-state index in [1.165, 1.54) is 25.7 Å². The second-order valence-corrected chi connectivity index (χ2v) is 7.18. The number of pyridine rings is 1. The molecule has 0 atom stereocenters. The minimum atomic E-state index is -0.480. The number of nitrogens with one attached hydrogen (secondary N) is 2. The van der Waals surface area contributed by atoms with Crippen molar-refractivity contribution in [1.82, 2.24) is 19.9 Å². The molecule has 1 aliphatic rings. The summed E-state index contributed by atoms with van der Waals surface area (Å²) >= 11 is 0. The van der Waals surface area contributed by atoms with Gasteiger partial charge in [0.1, 0.15) is 5.82 Å². The van der Waals surface area contributed by atoms with Gasteiger partial charge in [0, 0.05) is 35.8 Å². The summed E-state index contributed by atoms with van der Waals surface area (Å²) in [6, 6.07) is 10.7. The molecule has 148 valence electrons. The number of amides is 1. The lowest BCUT2D eigenvalue weighted by atomic mass is 10.0. The van der Waals surface area contributed by atoms with Gasteiger partial charge in [-0.2, -0.15) is 15.0 Å². The first kappa shape index (κ1) is 18.8. The van der Waals surface area contributed by atoms with Gasteiger partial charge in [-0.05, 0) is 36.2 Å². The molecule has 0 saturated heterocycles. The van der Waals surface area contributed by atoms with Gasteiger partial charge < -0.3 is 16.4 Å². The summed E-state index contributed by atoms with van der Waals surface area (Å²) in [5.74, 6) is 1.76. The molecule has 1 saturated carbocycles. The van der Waals surface area contributed by atoms with Gasteiger partial charge in [0.2, 0.25) is 17.8 Å². The van der Waals surface area contributed by atoms with Gasteiger partial charge in [-0.3, -0.25) is 9.78 Å². The van der Waals surface area contributed by atoms with Crippen molar-refractivity contribution in [2.45, 2.75) is 32.1 Å². The third-order valence-corrected chi connectivity index (χ3v) is 4.97. The van der Waals surface area contributed by atoms with Crippen LogP contribution in [0.15, 0.2) is 48.8 Å². The highest BCUT2D eigenvalue weighted by molar-refractivity contribution is 5.93. The van der Waals surface area contributed by atoms with Crippen molar-refractivity contribution in [3.05, 3.63) is 60.2 Å².